The van der Waals surface area contributed by atoms with Crippen molar-refractivity contribution < 1.29 is 4.74 Å². The van der Waals surface area contributed by atoms with Crippen molar-refractivity contribution in [3.8, 4) is 5.75 Å². The second kappa shape index (κ2) is 8.40. The van der Waals surface area contributed by atoms with Crippen molar-refractivity contribution in [1.82, 2.24) is 9.55 Å². The summed E-state index contributed by atoms with van der Waals surface area (Å²) in [6.45, 7) is 0.648. The molecule has 0 atom stereocenters. The summed E-state index contributed by atoms with van der Waals surface area (Å²) in [5, 5.41) is 2.75. The molecule has 0 aliphatic heterocycles. The van der Waals surface area contributed by atoms with Crippen LogP contribution in [0.4, 0.5) is 0 Å². The summed E-state index contributed by atoms with van der Waals surface area (Å²) >= 11 is 1.72. The first-order valence-electron chi connectivity index (χ1n) is 9.38. The summed E-state index contributed by atoms with van der Waals surface area (Å²) in [4.78, 5) is 19.2. The second-order valence-electron chi connectivity index (χ2n) is 6.68. The molecule has 0 radical (unpaired) electrons. The number of aromatic nitrogens is 2. The highest BCUT2D eigenvalue weighted by Gasteiger charge is 2.11. The molecule has 5 heteroatoms. The Balaban J connectivity index is 1.63. The van der Waals surface area contributed by atoms with Gasteiger partial charge in [0.2, 0.25) is 0 Å². The van der Waals surface area contributed by atoms with Crippen molar-refractivity contribution in [3.63, 3.8) is 0 Å². The third-order valence-electron chi connectivity index (χ3n) is 4.90. The zero-order chi connectivity index (χ0) is 19.3. The molecule has 28 heavy (non-hydrogen) atoms. The van der Waals surface area contributed by atoms with Crippen LogP contribution in [-0.2, 0) is 25.8 Å². The van der Waals surface area contributed by atoms with E-state index in [2.05, 4.69) is 23.6 Å². The Hall–Kier alpha value is -2.92. The first-order valence-corrected chi connectivity index (χ1v) is 10.3. The SMILES string of the molecule is COc1ccc(CCc2nc3ccccc3c(=O)n2CCc2cccs2)cc1. The number of methoxy groups -OCH3 is 1. The third kappa shape index (κ3) is 3.99. The lowest BCUT2D eigenvalue weighted by molar-refractivity contribution is 0.414. The molecule has 0 fully saturated rings. The van der Waals surface area contributed by atoms with E-state index in [1.54, 1.807) is 18.4 Å². The molecule has 0 spiro atoms. The summed E-state index contributed by atoms with van der Waals surface area (Å²) in [6, 6.07) is 19.8. The van der Waals surface area contributed by atoms with Crippen LogP contribution in [0.5, 0.6) is 5.75 Å². The van der Waals surface area contributed by atoms with Crippen molar-refractivity contribution in [2.24, 2.45) is 0 Å². The van der Waals surface area contributed by atoms with Crippen LogP contribution in [-0.4, -0.2) is 16.7 Å². The minimum atomic E-state index is 0.0480. The van der Waals surface area contributed by atoms with E-state index in [0.29, 0.717) is 11.9 Å². The Bertz CT molecular complexity index is 1120. The molecule has 2 heterocycles. The van der Waals surface area contributed by atoms with Crippen molar-refractivity contribution >= 4 is 22.2 Å². The molecule has 4 nitrogen and oxygen atoms in total. The summed E-state index contributed by atoms with van der Waals surface area (Å²) in [7, 11) is 1.67. The monoisotopic (exact) mass is 390 g/mol. The zero-order valence-corrected chi connectivity index (χ0v) is 16.6. The van der Waals surface area contributed by atoms with Gasteiger partial charge in [0.1, 0.15) is 11.6 Å². The number of fused-ring (bicyclic) bond motifs is 1. The van der Waals surface area contributed by atoms with Gasteiger partial charge in [-0.25, -0.2) is 4.98 Å². The van der Waals surface area contributed by atoms with Crippen LogP contribution in [0.2, 0.25) is 0 Å². The topological polar surface area (TPSA) is 44.1 Å². The van der Waals surface area contributed by atoms with Gasteiger partial charge < -0.3 is 4.74 Å². The quantitative estimate of drug-likeness (QED) is 0.467. The molecule has 0 N–H and O–H groups in total. The summed E-state index contributed by atoms with van der Waals surface area (Å²) in [5.74, 6) is 1.69. The number of hydrogen-bond acceptors (Lipinski definition) is 4. The Labute approximate surface area is 168 Å². The largest absolute Gasteiger partial charge is 0.497 e. The molecule has 0 unspecified atom stereocenters. The van der Waals surface area contributed by atoms with E-state index in [9.17, 15) is 4.79 Å². The van der Waals surface area contributed by atoms with Crippen LogP contribution < -0.4 is 10.3 Å². The number of nitrogens with zero attached hydrogens (tertiary/aromatic N) is 2. The number of benzene rings is 2. The van der Waals surface area contributed by atoms with Gasteiger partial charge in [-0.1, -0.05) is 30.3 Å². The van der Waals surface area contributed by atoms with Gasteiger partial charge in [-0.05, 0) is 54.1 Å². The Morgan fingerprint density at radius 2 is 1.79 bits per heavy atom. The van der Waals surface area contributed by atoms with E-state index in [1.165, 1.54) is 10.4 Å². The van der Waals surface area contributed by atoms with Gasteiger partial charge in [-0.2, -0.15) is 0 Å². The molecule has 0 saturated carbocycles. The molecule has 0 saturated heterocycles. The van der Waals surface area contributed by atoms with E-state index < -0.39 is 0 Å². The van der Waals surface area contributed by atoms with Gasteiger partial charge >= 0.3 is 0 Å². The predicted molar refractivity (Wildman–Crippen MR) is 114 cm³/mol. The maximum Gasteiger partial charge on any atom is 0.261 e. The van der Waals surface area contributed by atoms with Crippen molar-refractivity contribution in [2.75, 3.05) is 7.11 Å². The van der Waals surface area contributed by atoms with Crippen molar-refractivity contribution in [3.05, 3.63) is 92.7 Å². The average Bonchev–Trinajstić information content (AvgIpc) is 3.26. The van der Waals surface area contributed by atoms with Gasteiger partial charge in [0.25, 0.3) is 5.56 Å². The van der Waals surface area contributed by atoms with E-state index in [4.69, 9.17) is 9.72 Å². The molecule has 0 bridgehead atoms. The second-order valence-corrected chi connectivity index (χ2v) is 7.71. The summed E-state index contributed by atoms with van der Waals surface area (Å²) in [6.07, 6.45) is 2.39. The average molecular weight is 391 g/mol. The summed E-state index contributed by atoms with van der Waals surface area (Å²) < 4.78 is 7.08. The van der Waals surface area contributed by atoms with Gasteiger partial charge in [-0.3, -0.25) is 9.36 Å². The lowest BCUT2D eigenvalue weighted by atomic mass is 10.1. The number of para-hydroxylation sites is 1. The van der Waals surface area contributed by atoms with Gasteiger partial charge in [0.15, 0.2) is 0 Å². The smallest absolute Gasteiger partial charge is 0.261 e. The first-order chi connectivity index (χ1) is 13.7. The minimum absolute atomic E-state index is 0.0480. The van der Waals surface area contributed by atoms with E-state index in [1.807, 2.05) is 47.0 Å². The molecular weight excluding hydrogens is 368 g/mol. The molecule has 142 valence electrons. The number of thiophene rings is 1. The van der Waals surface area contributed by atoms with Gasteiger partial charge in [0.05, 0.1) is 18.0 Å². The molecule has 4 aromatic rings. The van der Waals surface area contributed by atoms with Gasteiger partial charge in [-0.15, -0.1) is 11.3 Å². The Kier molecular flexibility index (Phi) is 5.53. The highest BCUT2D eigenvalue weighted by molar-refractivity contribution is 7.09. The van der Waals surface area contributed by atoms with Crippen molar-refractivity contribution in [2.45, 2.75) is 25.8 Å². The normalized spacial score (nSPS) is 11.0. The fourth-order valence-electron chi connectivity index (χ4n) is 3.36. The molecule has 2 aromatic carbocycles. The van der Waals surface area contributed by atoms with Gasteiger partial charge in [0, 0.05) is 17.8 Å². The Morgan fingerprint density at radius 1 is 0.964 bits per heavy atom. The maximum absolute atomic E-state index is 13.1. The van der Waals surface area contributed by atoms with Crippen LogP contribution in [0.1, 0.15) is 16.3 Å². The van der Waals surface area contributed by atoms with Crippen LogP contribution in [0.3, 0.4) is 0 Å². The van der Waals surface area contributed by atoms with E-state index >= 15 is 0 Å². The standard InChI is InChI=1S/C23H22N2O2S/c1-27-18-11-8-17(9-12-18)10-13-22-24-21-7-3-2-6-20(21)23(26)25(22)15-14-19-5-4-16-28-19/h2-9,11-12,16H,10,13-15H2,1H3. The van der Waals surface area contributed by atoms with Crippen LogP contribution >= 0.6 is 11.3 Å². The fraction of sp³-hybridized carbons (Fsp3) is 0.217. The number of ether oxygens (including phenoxy) is 1. The van der Waals surface area contributed by atoms with E-state index in [0.717, 1.165) is 36.4 Å². The number of hydrogen-bond donors (Lipinski definition) is 0. The lowest BCUT2D eigenvalue weighted by Crippen LogP contribution is -2.26. The maximum atomic E-state index is 13.1. The molecule has 0 aliphatic rings. The lowest BCUT2D eigenvalue weighted by Gasteiger charge is -2.13. The molecule has 4 rings (SSSR count). The minimum Gasteiger partial charge on any atom is -0.497 e. The highest BCUT2D eigenvalue weighted by Crippen LogP contribution is 2.15. The molecule has 2 aromatic heterocycles. The Morgan fingerprint density at radius 3 is 2.54 bits per heavy atom. The predicted octanol–water partition coefficient (Wildman–Crippen LogP) is 4.49. The zero-order valence-electron chi connectivity index (χ0n) is 15.8. The number of aryl methyl sites for hydroxylation is 3. The van der Waals surface area contributed by atoms with Crippen molar-refractivity contribution in [1.29, 1.82) is 0 Å². The van der Waals surface area contributed by atoms with E-state index in [-0.39, 0.29) is 5.56 Å². The van der Waals surface area contributed by atoms with Crippen LogP contribution in [0, 0.1) is 0 Å². The first kappa shape index (κ1) is 18.4. The van der Waals surface area contributed by atoms with Crippen LogP contribution in [0.15, 0.2) is 70.8 Å². The number of rotatable bonds is 7. The third-order valence-corrected chi connectivity index (χ3v) is 5.84. The molecule has 0 amide bonds. The van der Waals surface area contributed by atoms with Crippen LogP contribution in [0.25, 0.3) is 10.9 Å². The highest BCUT2D eigenvalue weighted by atomic mass is 32.1. The fourth-order valence-corrected chi connectivity index (χ4v) is 4.06. The molecular formula is C23H22N2O2S. The molecule has 0 aliphatic carbocycles. The summed E-state index contributed by atoms with van der Waals surface area (Å²) in [5.41, 5.74) is 2.02.